The van der Waals surface area contributed by atoms with Gasteiger partial charge in [0.25, 0.3) is 0 Å². The van der Waals surface area contributed by atoms with Crippen molar-refractivity contribution in [3.8, 4) is 0 Å². The summed E-state index contributed by atoms with van der Waals surface area (Å²) in [6, 6.07) is 4.06. The molecule has 0 spiro atoms. The molecule has 0 heterocycles. The van der Waals surface area contributed by atoms with E-state index in [1.165, 1.54) is 11.9 Å². The number of rotatable bonds is 15. The number of primary amides is 1. The molecule has 0 saturated heterocycles. The molecule has 2 atom stereocenters. The molecule has 258 valence electrons. The number of hydrogen-bond donors (Lipinski definition) is 5. The van der Waals surface area contributed by atoms with Crippen molar-refractivity contribution in [2.45, 2.75) is 86.9 Å². The molecule has 1 aromatic rings. The number of nitrogens with one attached hydrogen (secondary N) is 4. The maximum absolute atomic E-state index is 13.3. The summed E-state index contributed by atoms with van der Waals surface area (Å²) < 4.78 is 10.5. The van der Waals surface area contributed by atoms with Crippen LogP contribution in [0, 0.1) is 16.7 Å². The Labute approximate surface area is 271 Å². The van der Waals surface area contributed by atoms with Crippen LogP contribution in [0.15, 0.2) is 24.3 Å². The summed E-state index contributed by atoms with van der Waals surface area (Å²) in [5, 5.41) is 10.7. The minimum absolute atomic E-state index is 0.0262. The summed E-state index contributed by atoms with van der Waals surface area (Å²) in [6.07, 6.45) is -0.0564. The van der Waals surface area contributed by atoms with Crippen LogP contribution in [0.2, 0.25) is 0 Å². The van der Waals surface area contributed by atoms with Crippen LogP contribution in [0.1, 0.15) is 73.8 Å². The van der Waals surface area contributed by atoms with E-state index in [-0.39, 0.29) is 50.5 Å². The standard InChI is InChI=1S/C32H52N6O8/c1-20(2)24(37-27(41)31(3,4)5)26(40)36-23(11-10-16-34-29(33)43)25(39)35-22-14-12-21(13-15-22)19-46-30(44)38(9)17-18-45-28(42)32(6,7)8/h12-15,20,23-24H,10-11,16-19H2,1-9H3,(H,35,39)(H,36,40)(H,37,41)(H3,33,34,43)/t23-,24-/m0/s1. The molecule has 0 fully saturated rings. The number of likely N-dealkylation sites (N-methyl/N-ethyl adjacent to an activating group) is 1. The van der Waals surface area contributed by atoms with Gasteiger partial charge in [-0.2, -0.15) is 0 Å². The molecule has 14 nitrogen and oxygen atoms in total. The molecule has 6 N–H and O–H groups in total. The Morgan fingerprint density at radius 3 is 2.00 bits per heavy atom. The molecular formula is C32H52N6O8. The average Bonchev–Trinajstić information content (AvgIpc) is 2.94. The van der Waals surface area contributed by atoms with Crippen LogP contribution in [0.3, 0.4) is 0 Å². The van der Waals surface area contributed by atoms with Crippen molar-refractivity contribution in [3.05, 3.63) is 29.8 Å². The van der Waals surface area contributed by atoms with Crippen LogP contribution >= 0.6 is 0 Å². The van der Waals surface area contributed by atoms with E-state index in [2.05, 4.69) is 21.3 Å². The molecule has 0 bridgehead atoms. The lowest BCUT2D eigenvalue weighted by atomic mass is 9.93. The van der Waals surface area contributed by atoms with Crippen LogP contribution in [0.25, 0.3) is 0 Å². The molecule has 0 unspecified atom stereocenters. The molecule has 1 rings (SSSR count). The number of hydrogen-bond acceptors (Lipinski definition) is 8. The minimum atomic E-state index is -0.978. The normalized spacial score (nSPS) is 12.7. The summed E-state index contributed by atoms with van der Waals surface area (Å²) in [5.41, 5.74) is 4.88. The molecule has 0 aliphatic rings. The third-order valence-corrected chi connectivity index (χ3v) is 6.69. The van der Waals surface area contributed by atoms with E-state index in [0.29, 0.717) is 17.7 Å². The average molecular weight is 649 g/mol. The predicted molar refractivity (Wildman–Crippen MR) is 173 cm³/mol. The highest BCUT2D eigenvalue weighted by Crippen LogP contribution is 2.17. The third kappa shape index (κ3) is 14.6. The molecule has 0 aliphatic carbocycles. The zero-order valence-electron chi connectivity index (χ0n) is 28.6. The zero-order valence-corrected chi connectivity index (χ0v) is 28.6. The maximum atomic E-state index is 13.3. The highest BCUT2D eigenvalue weighted by molar-refractivity contribution is 5.98. The Kier molecular flexibility index (Phi) is 15.5. The fourth-order valence-corrected chi connectivity index (χ4v) is 3.69. The SMILES string of the molecule is CC(C)[C@H](NC(=O)C(C)(C)C)C(=O)N[C@@H](CCCNC(N)=O)C(=O)Nc1ccc(COC(=O)N(C)CCOC(=O)C(C)(C)C)cc1. The molecule has 1 aromatic carbocycles. The fourth-order valence-electron chi connectivity index (χ4n) is 3.69. The van der Waals surface area contributed by atoms with Crippen molar-refractivity contribution in [2.24, 2.45) is 22.5 Å². The van der Waals surface area contributed by atoms with Gasteiger partial charge < -0.3 is 41.4 Å². The first-order valence-corrected chi connectivity index (χ1v) is 15.3. The Hall–Kier alpha value is -4.36. The van der Waals surface area contributed by atoms with Crippen molar-refractivity contribution in [2.75, 3.05) is 32.1 Å². The Balaban J connectivity index is 2.83. The van der Waals surface area contributed by atoms with Gasteiger partial charge in [0, 0.05) is 24.7 Å². The number of nitrogens with zero attached hydrogens (tertiary/aromatic N) is 1. The van der Waals surface area contributed by atoms with Crippen LogP contribution in [-0.4, -0.2) is 79.5 Å². The first-order chi connectivity index (χ1) is 21.2. The Morgan fingerprint density at radius 1 is 0.870 bits per heavy atom. The molecule has 14 heteroatoms. The van der Waals surface area contributed by atoms with Gasteiger partial charge in [0.1, 0.15) is 25.3 Å². The number of esters is 1. The van der Waals surface area contributed by atoms with Crippen LogP contribution < -0.4 is 27.0 Å². The quantitative estimate of drug-likeness (QED) is 0.141. The highest BCUT2D eigenvalue weighted by Gasteiger charge is 2.32. The van der Waals surface area contributed by atoms with Crippen LogP contribution in [-0.2, 0) is 35.3 Å². The second-order valence-electron chi connectivity index (χ2n) is 13.5. The second kappa shape index (κ2) is 18.0. The van der Waals surface area contributed by atoms with Gasteiger partial charge in [-0.15, -0.1) is 0 Å². The number of urea groups is 1. The number of benzene rings is 1. The van der Waals surface area contributed by atoms with Gasteiger partial charge in [0.05, 0.1) is 12.0 Å². The monoisotopic (exact) mass is 648 g/mol. The van der Waals surface area contributed by atoms with Gasteiger partial charge in [0.15, 0.2) is 0 Å². The van der Waals surface area contributed by atoms with Crippen molar-refractivity contribution in [1.29, 1.82) is 0 Å². The molecule has 0 aromatic heterocycles. The lowest BCUT2D eigenvalue weighted by Crippen LogP contribution is -2.56. The van der Waals surface area contributed by atoms with E-state index in [9.17, 15) is 28.8 Å². The van der Waals surface area contributed by atoms with Gasteiger partial charge in [-0.25, -0.2) is 9.59 Å². The van der Waals surface area contributed by atoms with E-state index >= 15 is 0 Å². The molecule has 0 saturated carbocycles. The highest BCUT2D eigenvalue weighted by atomic mass is 16.6. The largest absolute Gasteiger partial charge is 0.463 e. The maximum Gasteiger partial charge on any atom is 0.409 e. The van der Waals surface area contributed by atoms with E-state index in [0.717, 1.165) is 0 Å². The van der Waals surface area contributed by atoms with Crippen molar-refractivity contribution in [1.82, 2.24) is 20.9 Å². The van der Waals surface area contributed by atoms with Crippen molar-refractivity contribution >= 4 is 41.5 Å². The predicted octanol–water partition coefficient (Wildman–Crippen LogP) is 2.90. The van der Waals surface area contributed by atoms with Gasteiger partial charge in [-0.1, -0.05) is 46.8 Å². The molecule has 6 amide bonds. The topological polar surface area (TPSA) is 198 Å². The molecular weight excluding hydrogens is 596 g/mol. The number of carbonyl (C=O) groups excluding carboxylic acids is 6. The first-order valence-electron chi connectivity index (χ1n) is 15.3. The summed E-state index contributed by atoms with van der Waals surface area (Å²) in [7, 11) is 1.53. The van der Waals surface area contributed by atoms with E-state index in [4.69, 9.17) is 15.2 Å². The van der Waals surface area contributed by atoms with Crippen molar-refractivity contribution in [3.63, 3.8) is 0 Å². The Bertz CT molecular complexity index is 1200. The van der Waals surface area contributed by atoms with Gasteiger partial charge in [0.2, 0.25) is 17.7 Å². The smallest absolute Gasteiger partial charge is 0.409 e. The van der Waals surface area contributed by atoms with Gasteiger partial charge in [-0.05, 0) is 57.2 Å². The third-order valence-electron chi connectivity index (χ3n) is 6.69. The number of amides is 6. The number of anilines is 1. The van der Waals surface area contributed by atoms with E-state index < -0.39 is 46.9 Å². The summed E-state index contributed by atoms with van der Waals surface area (Å²) >= 11 is 0. The summed E-state index contributed by atoms with van der Waals surface area (Å²) in [5.74, 6) is -1.92. The Morgan fingerprint density at radius 2 is 1.48 bits per heavy atom. The van der Waals surface area contributed by atoms with Crippen LogP contribution in [0.5, 0.6) is 0 Å². The molecule has 0 radical (unpaired) electrons. The lowest BCUT2D eigenvalue weighted by Gasteiger charge is -2.28. The summed E-state index contributed by atoms with van der Waals surface area (Å²) in [4.78, 5) is 75.7. The van der Waals surface area contributed by atoms with E-state index in [1.54, 1.807) is 79.7 Å². The lowest BCUT2D eigenvalue weighted by molar-refractivity contribution is -0.153. The first kappa shape index (κ1) is 39.7. The molecule has 0 aliphatic heterocycles. The second-order valence-corrected chi connectivity index (χ2v) is 13.5. The summed E-state index contributed by atoms with van der Waals surface area (Å²) in [6.45, 7) is 14.4. The zero-order chi connectivity index (χ0) is 35.2. The molecule has 46 heavy (non-hydrogen) atoms. The fraction of sp³-hybridized carbons (Fsp3) is 0.625. The van der Waals surface area contributed by atoms with Crippen LogP contribution in [0.4, 0.5) is 15.3 Å². The minimum Gasteiger partial charge on any atom is -0.463 e. The van der Waals surface area contributed by atoms with E-state index in [1.807, 2.05) is 0 Å². The van der Waals surface area contributed by atoms with Gasteiger partial charge >= 0.3 is 18.1 Å². The number of ether oxygens (including phenoxy) is 2. The van der Waals surface area contributed by atoms with Crippen molar-refractivity contribution < 1.29 is 38.2 Å². The number of carbonyl (C=O) groups is 6. The number of nitrogens with two attached hydrogens (primary N) is 1. The van der Waals surface area contributed by atoms with Gasteiger partial charge in [-0.3, -0.25) is 19.2 Å².